The molecule has 1 aromatic carbocycles. The molecule has 9 nitrogen and oxygen atoms in total. The number of rotatable bonds is 4. The third kappa shape index (κ3) is 3.06. The number of aromatic nitrogens is 6. The average molecular weight is 420 g/mol. The van der Waals surface area contributed by atoms with Crippen LogP contribution in [0, 0.1) is 12.5 Å². The van der Waals surface area contributed by atoms with Gasteiger partial charge in [-0.1, -0.05) is 12.1 Å². The number of H-pyrrole nitrogens is 2. The molecule has 0 radical (unpaired) electrons. The maximum absolute atomic E-state index is 12.1. The van der Waals surface area contributed by atoms with E-state index >= 15 is 0 Å². The number of hydrogen-bond acceptors (Lipinski definition) is 5. The van der Waals surface area contributed by atoms with Crippen LogP contribution in [-0.4, -0.2) is 36.0 Å². The highest BCUT2D eigenvalue weighted by molar-refractivity contribution is 5.97. The van der Waals surface area contributed by atoms with Gasteiger partial charge in [0.2, 0.25) is 11.6 Å². The minimum absolute atomic E-state index is 0.0401. The summed E-state index contributed by atoms with van der Waals surface area (Å²) in [6.07, 6.45) is 7.00. The van der Waals surface area contributed by atoms with Crippen LogP contribution in [0.1, 0.15) is 12.8 Å². The molecule has 0 unspecified atom stereocenters. The monoisotopic (exact) mass is 420 g/mol. The number of nitrogens with one attached hydrogen (secondary N) is 3. The molecule has 1 amide bonds. The largest absolute Gasteiger partial charge is 0.338 e. The molecular formula is C23H16N8O. The Morgan fingerprint density at radius 2 is 2.03 bits per heavy atom. The predicted octanol–water partition coefficient (Wildman–Crippen LogP) is 4.46. The van der Waals surface area contributed by atoms with Gasteiger partial charge in [-0.3, -0.25) is 14.9 Å². The number of carbonyl (C=O) groups excluding carboxylic acids is 1. The fraction of sp³-hybridized carbons (Fsp3) is 0.130. The Kier molecular flexibility index (Phi) is 3.98. The second kappa shape index (κ2) is 6.99. The number of anilines is 1. The lowest BCUT2D eigenvalue weighted by molar-refractivity contribution is -0.117. The topological polar surface area (TPSA) is 117 Å². The van der Waals surface area contributed by atoms with Gasteiger partial charge in [0.15, 0.2) is 11.5 Å². The van der Waals surface area contributed by atoms with Crippen LogP contribution in [0.5, 0.6) is 0 Å². The number of carbonyl (C=O) groups is 1. The van der Waals surface area contributed by atoms with Crippen LogP contribution in [0.3, 0.4) is 0 Å². The fourth-order valence-electron chi connectivity index (χ4n) is 3.72. The Bertz CT molecular complexity index is 1550. The molecule has 154 valence electrons. The van der Waals surface area contributed by atoms with Crippen molar-refractivity contribution in [1.29, 1.82) is 0 Å². The standard InChI is InChI=1S/C23H16N8O/c1-24-17-3-2-4-18-20(17)29-22(28-18)19-16-8-14(10-26-21(16)31-30-19)13-7-15(11-25-9-13)27-23(32)12-5-6-12/h2-4,7-12H,5-6H2,(H,27,32)(H,28,29)(H,26,30,31). The molecule has 9 heteroatoms. The van der Waals surface area contributed by atoms with Crippen molar-refractivity contribution in [2.75, 3.05) is 5.32 Å². The van der Waals surface area contributed by atoms with Crippen LogP contribution in [0.15, 0.2) is 48.9 Å². The van der Waals surface area contributed by atoms with Gasteiger partial charge in [-0.05, 0) is 31.0 Å². The lowest BCUT2D eigenvalue weighted by Gasteiger charge is -2.06. The van der Waals surface area contributed by atoms with Crippen LogP contribution in [-0.2, 0) is 4.79 Å². The van der Waals surface area contributed by atoms with E-state index in [-0.39, 0.29) is 11.8 Å². The third-order valence-corrected chi connectivity index (χ3v) is 5.55. The summed E-state index contributed by atoms with van der Waals surface area (Å²) in [6, 6.07) is 9.31. The van der Waals surface area contributed by atoms with Crippen LogP contribution in [0.25, 0.3) is 49.6 Å². The molecule has 0 spiro atoms. The van der Waals surface area contributed by atoms with E-state index < -0.39 is 0 Å². The van der Waals surface area contributed by atoms with Crippen molar-refractivity contribution in [2.45, 2.75) is 12.8 Å². The molecule has 1 saturated carbocycles. The molecule has 0 aliphatic heterocycles. The number of imidazole rings is 1. The third-order valence-electron chi connectivity index (χ3n) is 5.55. The van der Waals surface area contributed by atoms with Crippen molar-refractivity contribution >= 4 is 39.3 Å². The summed E-state index contributed by atoms with van der Waals surface area (Å²) in [7, 11) is 0. The molecule has 0 bridgehead atoms. The molecule has 1 fully saturated rings. The molecule has 6 rings (SSSR count). The lowest BCUT2D eigenvalue weighted by atomic mass is 10.1. The van der Waals surface area contributed by atoms with E-state index in [2.05, 4.69) is 40.3 Å². The van der Waals surface area contributed by atoms with Gasteiger partial charge in [0.25, 0.3) is 0 Å². The number of para-hydroxylation sites is 1. The lowest BCUT2D eigenvalue weighted by Crippen LogP contribution is -2.13. The molecule has 1 aliphatic carbocycles. The van der Waals surface area contributed by atoms with Crippen molar-refractivity contribution in [2.24, 2.45) is 5.92 Å². The highest BCUT2D eigenvalue weighted by Gasteiger charge is 2.29. The average Bonchev–Trinajstić information content (AvgIpc) is 3.45. The Hall–Kier alpha value is -4.58. The van der Waals surface area contributed by atoms with E-state index in [1.54, 1.807) is 24.7 Å². The first-order valence-corrected chi connectivity index (χ1v) is 10.2. The van der Waals surface area contributed by atoms with Crippen molar-refractivity contribution < 1.29 is 4.79 Å². The summed E-state index contributed by atoms with van der Waals surface area (Å²) in [5, 5.41) is 11.0. The number of aromatic amines is 2. The van der Waals surface area contributed by atoms with E-state index in [0.29, 0.717) is 34.1 Å². The first kappa shape index (κ1) is 18.2. The van der Waals surface area contributed by atoms with Crippen LogP contribution < -0.4 is 5.32 Å². The summed E-state index contributed by atoms with van der Waals surface area (Å²) in [5.41, 5.74) is 5.47. The molecular weight excluding hydrogens is 404 g/mol. The number of pyridine rings is 2. The van der Waals surface area contributed by atoms with Gasteiger partial charge >= 0.3 is 0 Å². The van der Waals surface area contributed by atoms with Crippen molar-refractivity contribution in [3.63, 3.8) is 0 Å². The summed E-state index contributed by atoms with van der Waals surface area (Å²) >= 11 is 0. The minimum atomic E-state index is 0.0401. The second-order valence-electron chi connectivity index (χ2n) is 7.79. The zero-order chi connectivity index (χ0) is 21.7. The zero-order valence-corrected chi connectivity index (χ0v) is 16.8. The van der Waals surface area contributed by atoms with E-state index in [9.17, 15) is 4.79 Å². The fourth-order valence-corrected chi connectivity index (χ4v) is 3.72. The SMILES string of the molecule is [C-]#[N+]c1cccc2[nH]c(-c3[nH]nc4ncc(-c5cncc(NC(=O)C6CC6)c5)cc34)nc12. The second-order valence-corrected chi connectivity index (χ2v) is 7.79. The molecule has 5 aromatic rings. The quantitative estimate of drug-likeness (QED) is 0.371. The van der Waals surface area contributed by atoms with Gasteiger partial charge in [-0.25, -0.2) is 14.8 Å². The summed E-state index contributed by atoms with van der Waals surface area (Å²) in [5.74, 6) is 0.747. The zero-order valence-electron chi connectivity index (χ0n) is 16.8. The first-order chi connectivity index (χ1) is 15.7. The number of benzene rings is 1. The van der Waals surface area contributed by atoms with Crippen molar-refractivity contribution in [3.05, 3.63) is 60.3 Å². The predicted molar refractivity (Wildman–Crippen MR) is 120 cm³/mol. The number of nitrogens with zero attached hydrogens (tertiary/aromatic N) is 5. The molecule has 3 N–H and O–H groups in total. The van der Waals surface area contributed by atoms with Crippen LogP contribution in [0.2, 0.25) is 0 Å². The maximum atomic E-state index is 12.1. The van der Waals surface area contributed by atoms with E-state index in [4.69, 9.17) is 6.57 Å². The van der Waals surface area contributed by atoms with Gasteiger partial charge in [0, 0.05) is 29.4 Å². The Morgan fingerprint density at radius 3 is 2.88 bits per heavy atom. The van der Waals surface area contributed by atoms with E-state index in [1.807, 2.05) is 24.3 Å². The van der Waals surface area contributed by atoms with Crippen molar-refractivity contribution in [3.8, 4) is 22.6 Å². The Morgan fingerprint density at radius 1 is 1.16 bits per heavy atom. The van der Waals surface area contributed by atoms with E-state index in [1.165, 1.54) is 0 Å². The van der Waals surface area contributed by atoms with Gasteiger partial charge in [0.1, 0.15) is 5.69 Å². The van der Waals surface area contributed by atoms with Gasteiger partial charge in [0.05, 0.1) is 34.9 Å². The molecule has 4 aromatic heterocycles. The molecule has 32 heavy (non-hydrogen) atoms. The first-order valence-electron chi connectivity index (χ1n) is 10.2. The van der Waals surface area contributed by atoms with E-state index in [0.717, 1.165) is 34.9 Å². The number of fused-ring (bicyclic) bond motifs is 2. The van der Waals surface area contributed by atoms with Gasteiger partial charge in [-0.2, -0.15) is 5.10 Å². The smallest absolute Gasteiger partial charge is 0.227 e. The van der Waals surface area contributed by atoms with Gasteiger partial charge in [-0.15, -0.1) is 0 Å². The molecule has 0 saturated heterocycles. The summed E-state index contributed by atoms with van der Waals surface area (Å²) in [6.45, 7) is 7.36. The Labute approximate surface area is 181 Å². The highest BCUT2D eigenvalue weighted by atomic mass is 16.2. The number of hydrogen-bond donors (Lipinski definition) is 3. The highest BCUT2D eigenvalue weighted by Crippen LogP contribution is 2.33. The van der Waals surface area contributed by atoms with Crippen LogP contribution in [0.4, 0.5) is 11.4 Å². The molecule has 1 aliphatic rings. The molecule has 0 atom stereocenters. The summed E-state index contributed by atoms with van der Waals surface area (Å²) < 4.78 is 0. The van der Waals surface area contributed by atoms with Crippen LogP contribution >= 0.6 is 0 Å². The molecule has 4 heterocycles. The normalized spacial score (nSPS) is 13.3. The van der Waals surface area contributed by atoms with Gasteiger partial charge < -0.3 is 10.3 Å². The summed E-state index contributed by atoms with van der Waals surface area (Å²) in [4.78, 5) is 32.3. The minimum Gasteiger partial charge on any atom is -0.338 e. The Balaban J connectivity index is 1.41. The van der Waals surface area contributed by atoms with Crippen molar-refractivity contribution in [1.82, 2.24) is 30.1 Å². The number of amides is 1. The maximum Gasteiger partial charge on any atom is 0.227 e.